The fraction of sp³-hybridized carbons (Fsp3) is 0.143. The maximum absolute atomic E-state index is 10.0. The summed E-state index contributed by atoms with van der Waals surface area (Å²) in [4.78, 5) is 0. The van der Waals surface area contributed by atoms with Crippen molar-refractivity contribution in [1.82, 2.24) is 0 Å². The van der Waals surface area contributed by atoms with Crippen LogP contribution in [0, 0.1) is 0 Å². The molecule has 0 N–H and O–H groups in total. The molecule has 0 atom stereocenters. The van der Waals surface area contributed by atoms with Gasteiger partial charge in [-0.25, -0.2) is 0 Å². The van der Waals surface area contributed by atoms with E-state index < -0.39 is 0 Å². The van der Waals surface area contributed by atoms with Crippen LogP contribution in [-0.2, 0) is 45.7 Å². The van der Waals surface area contributed by atoms with Gasteiger partial charge in [-0.1, -0.05) is 12.1 Å². The van der Waals surface area contributed by atoms with Crippen LogP contribution in [0.4, 0.5) is 17.1 Å². The Kier molecular flexibility index (Phi) is 10.2. The van der Waals surface area contributed by atoms with Gasteiger partial charge in [0.15, 0.2) is 0 Å². The van der Waals surface area contributed by atoms with Gasteiger partial charge in [0.25, 0.3) is 0 Å². The first-order valence-corrected chi connectivity index (χ1v) is 8.51. The topological polar surface area (TPSA) is 97.5 Å². The van der Waals surface area contributed by atoms with Crippen LogP contribution in [0.1, 0.15) is 5.56 Å². The fourth-order valence-corrected chi connectivity index (χ4v) is 2.15. The second-order valence-electron chi connectivity index (χ2n) is 4.11. The van der Waals surface area contributed by atoms with Crippen molar-refractivity contribution in [2.45, 2.75) is 6.61 Å². The van der Waals surface area contributed by atoms with E-state index in [1.165, 1.54) is 0 Å². The highest BCUT2D eigenvalue weighted by Crippen LogP contribution is 2.17. The number of nitrogens with zero attached hydrogens (tertiary/aromatic N) is 3. The standard InChI is InChI=1S/C8H9NO2S.C6H4N2O2S2/c1-11-6-7-2-4-8(5-3-7)9-12-10;9-11-7-5-1-2-6(4-3-5)8-12-10/h2-5H,6H2,1H3;1-4H. The molecule has 126 valence electrons. The molecule has 2 aromatic carbocycles. The molecule has 24 heavy (non-hydrogen) atoms. The van der Waals surface area contributed by atoms with Gasteiger partial charge < -0.3 is 4.74 Å². The normalized spacial score (nSPS) is 9.04. The van der Waals surface area contributed by atoms with Crippen LogP contribution in [0.3, 0.4) is 0 Å². The smallest absolute Gasteiger partial charge is 0.205 e. The summed E-state index contributed by atoms with van der Waals surface area (Å²) in [6.45, 7) is 0.588. The van der Waals surface area contributed by atoms with Crippen LogP contribution in [0.2, 0.25) is 0 Å². The predicted molar refractivity (Wildman–Crippen MR) is 94.3 cm³/mol. The van der Waals surface area contributed by atoms with Crippen molar-refractivity contribution >= 4 is 51.5 Å². The minimum absolute atomic E-state index is 0.151. The van der Waals surface area contributed by atoms with E-state index in [4.69, 9.17) is 4.74 Å². The molecule has 0 radical (unpaired) electrons. The summed E-state index contributed by atoms with van der Waals surface area (Å²) in [5.41, 5.74) is 2.91. The van der Waals surface area contributed by atoms with Crippen molar-refractivity contribution in [3.63, 3.8) is 0 Å². The maximum Gasteiger partial charge on any atom is 0.205 e. The van der Waals surface area contributed by atoms with E-state index >= 15 is 0 Å². The molecule has 7 nitrogen and oxygen atoms in total. The minimum Gasteiger partial charge on any atom is -0.380 e. The van der Waals surface area contributed by atoms with Gasteiger partial charge in [-0.3, -0.25) is 0 Å². The largest absolute Gasteiger partial charge is 0.380 e. The molecule has 0 aliphatic rings. The van der Waals surface area contributed by atoms with E-state index in [1.807, 2.05) is 12.1 Å². The van der Waals surface area contributed by atoms with Gasteiger partial charge in [-0.15, -0.1) is 0 Å². The molecule has 0 aromatic heterocycles. The molecule has 0 bridgehead atoms. The molecule has 0 amide bonds. The molecule has 2 aromatic rings. The highest BCUT2D eigenvalue weighted by Gasteiger charge is 1.91. The van der Waals surface area contributed by atoms with Crippen LogP contribution in [-0.4, -0.2) is 19.7 Å². The van der Waals surface area contributed by atoms with E-state index in [0.29, 0.717) is 23.7 Å². The lowest BCUT2D eigenvalue weighted by atomic mass is 10.2. The number of ether oxygens (including phenoxy) is 1. The molecular formula is C14H13N3O4S3. The Morgan fingerprint density at radius 3 is 1.33 bits per heavy atom. The second-order valence-corrected chi connectivity index (χ2v) is 5.11. The number of rotatable bonds is 5. The highest BCUT2D eigenvalue weighted by atomic mass is 32.1. The predicted octanol–water partition coefficient (Wildman–Crippen LogP) is 3.60. The zero-order valence-electron chi connectivity index (χ0n) is 12.5. The fourth-order valence-electron chi connectivity index (χ4n) is 1.52. The lowest BCUT2D eigenvalue weighted by Gasteiger charge is -1.97. The Labute approximate surface area is 149 Å². The zero-order chi connectivity index (χ0) is 17.6. The first kappa shape index (κ1) is 19.9. The van der Waals surface area contributed by atoms with E-state index in [2.05, 4.69) is 13.1 Å². The second kappa shape index (κ2) is 12.3. The third-order valence-corrected chi connectivity index (χ3v) is 3.38. The average molecular weight is 383 g/mol. The van der Waals surface area contributed by atoms with Crippen molar-refractivity contribution < 1.29 is 17.4 Å². The lowest BCUT2D eigenvalue weighted by Crippen LogP contribution is -1.84. The first-order valence-electron chi connectivity index (χ1n) is 6.41. The third-order valence-electron chi connectivity index (χ3n) is 2.53. The summed E-state index contributed by atoms with van der Waals surface area (Å²) in [5, 5.41) is 0. The monoisotopic (exact) mass is 383 g/mol. The number of methoxy groups -OCH3 is 1. The van der Waals surface area contributed by atoms with Gasteiger partial charge in [0.1, 0.15) is 0 Å². The van der Waals surface area contributed by atoms with Crippen molar-refractivity contribution in [3.8, 4) is 0 Å². The molecule has 0 heterocycles. The van der Waals surface area contributed by atoms with Crippen LogP contribution < -0.4 is 0 Å². The SMILES string of the molecule is COCc1ccc(N=S=O)cc1.O=S=Nc1ccc(N=S=O)cc1. The summed E-state index contributed by atoms with van der Waals surface area (Å²) >= 11 is 0.520. The van der Waals surface area contributed by atoms with Crippen LogP contribution >= 0.6 is 0 Å². The van der Waals surface area contributed by atoms with Crippen molar-refractivity contribution in [1.29, 1.82) is 0 Å². The van der Waals surface area contributed by atoms with Crippen molar-refractivity contribution in [2.24, 2.45) is 13.1 Å². The number of hydrogen-bond acceptors (Lipinski definition) is 7. The molecule has 0 saturated carbocycles. The Balaban J connectivity index is 0.000000240. The molecule has 0 unspecified atom stereocenters. The van der Waals surface area contributed by atoms with Crippen LogP contribution in [0.5, 0.6) is 0 Å². The van der Waals surface area contributed by atoms with Crippen molar-refractivity contribution in [3.05, 3.63) is 54.1 Å². The minimum atomic E-state index is 0.151. The van der Waals surface area contributed by atoms with Gasteiger partial charge in [-0.2, -0.15) is 25.7 Å². The molecular weight excluding hydrogens is 370 g/mol. The Bertz CT molecular complexity index is 756. The summed E-state index contributed by atoms with van der Waals surface area (Å²) in [7, 11) is 1.64. The quantitative estimate of drug-likeness (QED) is 0.788. The first-order chi connectivity index (χ1) is 11.7. The number of benzene rings is 2. The van der Waals surface area contributed by atoms with E-state index in [9.17, 15) is 12.6 Å². The third kappa shape index (κ3) is 7.92. The maximum atomic E-state index is 10.0. The van der Waals surface area contributed by atoms with E-state index in [0.717, 1.165) is 5.56 Å². The molecule has 0 fully saturated rings. The molecule has 0 aliphatic carbocycles. The Morgan fingerprint density at radius 1 is 0.708 bits per heavy atom. The van der Waals surface area contributed by atoms with Gasteiger partial charge >= 0.3 is 0 Å². The lowest BCUT2D eigenvalue weighted by molar-refractivity contribution is 0.185. The molecule has 0 aliphatic heterocycles. The highest BCUT2D eigenvalue weighted by molar-refractivity contribution is 7.55. The van der Waals surface area contributed by atoms with Gasteiger partial charge in [0.2, 0.25) is 34.4 Å². The van der Waals surface area contributed by atoms with Crippen molar-refractivity contribution in [2.75, 3.05) is 7.11 Å². The van der Waals surface area contributed by atoms with Crippen LogP contribution in [0.25, 0.3) is 0 Å². The van der Waals surface area contributed by atoms with Crippen LogP contribution in [0.15, 0.2) is 61.6 Å². The molecule has 0 saturated heterocycles. The molecule has 10 heteroatoms. The zero-order valence-corrected chi connectivity index (χ0v) is 15.0. The summed E-state index contributed by atoms with van der Waals surface area (Å²) < 4.78 is 45.6. The molecule has 2 rings (SSSR count). The summed E-state index contributed by atoms with van der Waals surface area (Å²) in [6.07, 6.45) is 0. The number of hydrogen-bond donors (Lipinski definition) is 0. The Morgan fingerprint density at radius 2 is 1.04 bits per heavy atom. The van der Waals surface area contributed by atoms with E-state index in [-0.39, 0.29) is 34.4 Å². The van der Waals surface area contributed by atoms with Gasteiger partial charge in [-0.05, 0) is 42.0 Å². The Hall–Kier alpha value is -2.14. The van der Waals surface area contributed by atoms with Gasteiger partial charge in [0, 0.05) is 7.11 Å². The average Bonchev–Trinajstić information content (AvgIpc) is 2.60. The molecule has 0 spiro atoms. The van der Waals surface area contributed by atoms with Gasteiger partial charge in [0.05, 0.1) is 23.7 Å². The van der Waals surface area contributed by atoms with E-state index in [1.54, 1.807) is 43.5 Å². The summed E-state index contributed by atoms with van der Waals surface area (Å²) in [6, 6.07) is 13.9. The summed E-state index contributed by atoms with van der Waals surface area (Å²) in [5.74, 6) is 0.